The first kappa shape index (κ1) is 28.5. The minimum atomic E-state index is -0.566. The average Bonchev–Trinajstić information content (AvgIpc) is 3.72. The van der Waals surface area contributed by atoms with Crippen LogP contribution in [0.25, 0.3) is 67.2 Å². The van der Waals surface area contributed by atoms with E-state index in [2.05, 4.69) is 121 Å². The fraction of sp³-hybridized carbons (Fsp3) is 0.0217. The van der Waals surface area contributed by atoms with Crippen LogP contribution in [0.15, 0.2) is 178 Å². The number of hydrogen-bond donors (Lipinski definition) is 0. The molecule has 5 heteroatoms. The van der Waals surface area contributed by atoms with Crippen LogP contribution in [-0.2, 0) is 5.41 Å². The average molecular weight is 670 g/mol. The van der Waals surface area contributed by atoms with Gasteiger partial charge in [-0.2, -0.15) is 0 Å². The van der Waals surface area contributed by atoms with Crippen LogP contribution in [0.4, 0.5) is 0 Å². The molecule has 0 saturated carbocycles. The topological polar surface area (TPSA) is 51.8 Å². The monoisotopic (exact) mass is 669 g/mol. The first-order valence-corrected chi connectivity index (χ1v) is 17.9. The fourth-order valence-electron chi connectivity index (χ4n) is 8.28. The summed E-state index contributed by atoms with van der Waals surface area (Å²) in [6.45, 7) is 0. The quantitative estimate of drug-likeness (QED) is 0.187. The molecule has 0 atom stereocenters. The number of para-hydroxylation sites is 1. The van der Waals surface area contributed by atoms with Crippen LogP contribution in [0.1, 0.15) is 22.3 Å². The molecule has 0 amide bonds. The maximum absolute atomic E-state index is 6.48. The lowest BCUT2D eigenvalue weighted by Gasteiger charge is -2.39. The second kappa shape index (κ2) is 10.8. The van der Waals surface area contributed by atoms with Gasteiger partial charge >= 0.3 is 0 Å². The number of hydrogen-bond acceptors (Lipinski definition) is 5. The van der Waals surface area contributed by atoms with Gasteiger partial charge in [0.25, 0.3) is 0 Å². The summed E-state index contributed by atoms with van der Waals surface area (Å²) in [5.74, 6) is 1.94. The highest BCUT2D eigenvalue weighted by molar-refractivity contribution is 7.99. The van der Waals surface area contributed by atoms with E-state index >= 15 is 0 Å². The fourth-order valence-corrected chi connectivity index (χ4v) is 9.47. The van der Waals surface area contributed by atoms with Crippen molar-refractivity contribution in [2.24, 2.45) is 0 Å². The van der Waals surface area contributed by atoms with Gasteiger partial charge in [0.15, 0.2) is 17.5 Å². The van der Waals surface area contributed by atoms with Crippen molar-refractivity contribution in [3.63, 3.8) is 0 Å². The van der Waals surface area contributed by atoms with E-state index in [4.69, 9.17) is 19.4 Å². The zero-order valence-corrected chi connectivity index (χ0v) is 28.1. The van der Waals surface area contributed by atoms with Crippen LogP contribution in [0, 0.1) is 0 Å². The first-order chi connectivity index (χ1) is 25.3. The molecule has 11 rings (SSSR count). The zero-order valence-electron chi connectivity index (χ0n) is 27.2. The Morgan fingerprint density at radius 1 is 0.431 bits per heavy atom. The lowest BCUT2D eigenvalue weighted by molar-refractivity contribution is 0.668. The van der Waals surface area contributed by atoms with Crippen molar-refractivity contribution in [2.75, 3.05) is 0 Å². The number of benzene rings is 7. The van der Waals surface area contributed by atoms with E-state index in [1.165, 1.54) is 43.2 Å². The molecular formula is C46H27N3OS. The van der Waals surface area contributed by atoms with Crippen molar-refractivity contribution in [1.82, 2.24) is 15.0 Å². The molecule has 0 fully saturated rings. The highest BCUT2D eigenvalue weighted by Crippen LogP contribution is 2.64. The molecule has 2 aliphatic rings. The standard InChI is InChI=1S/C46H27N3OS/c1-3-13-28(14-4-1)43-47-44(29-15-5-2-6-16-29)49-45(48-43)30-23-24-31-36(27-30)46(33-18-8-11-21-39(33)51-40-22-12-9-19-34(40)46)35-25-26-38-42(41(31)35)32-17-7-10-20-37(32)50-38/h1-27H. The van der Waals surface area contributed by atoms with Gasteiger partial charge in [0.2, 0.25) is 0 Å². The molecule has 0 unspecified atom stereocenters. The van der Waals surface area contributed by atoms with Crippen LogP contribution < -0.4 is 0 Å². The summed E-state index contributed by atoms with van der Waals surface area (Å²) in [5.41, 5.74) is 11.5. The van der Waals surface area contributed by atoms with Gasteiger partial charge in [0.05, 0.1) is 5.41 Å². The lowest BCUT2D eigenvalue weighted by atomic mass is 9.67. The molecule has 4 nitrogen and oxygen atoms in total. The molecule has 0 saturated heterocycles. The van der Waals surface area contributed by atoms with Crippen LogP contribution in [0.5, 0.6) is 0 Å². The molecule has 1 aliphatic heterocycles. The van der Waals surface area contributed by atoms with Gasteiger partial charge in [-0.25, -0.2) is 15.0 Å². The summed E-state index contributed by atoms with van der Waals surface area (Å²) in [7, 11) is 0. The predicted octanol–water partition coefficient (Wildman–Crippen LogP) is 11.6. The van der Waals surface area contributed by atoms with Crippen molar-refractivity contribution >= 4 is 33.7 Å². The van der Waals surface area contributed by atoms with Crippen LogP contribution in [0.2, 0.25) is 0 Å². The van der Waals surface area contributed by atoms with Crippen LogP contribution >= 0.6 is 11.8 Å². The van der Waals surface area contributed by atoms with Crippen molar-refractivity contribution in [3.8, 4) is 45.3 Å². The van der Waals surface area contributed by atoms with E-state index in [1.54, 1.807) is 0 Å². The molecule has 2 aromatic heterocycles. The third-order valence-electron chi connectivity index (χ3n) is 10.4. The van der Waals surface area contributed by atoms with E-state index in [9.17, 15) is 0 Å². The van der Waals surface area contributed by atoms with E-state index < -0.39 is 5.41 Å². The van der Waals surface area contributed by atoms with Gasteiger partial charge in [0.1, 0.15) is 11.2 Å². The van der Waals surface area contributed by atoms with E-state index in [0.29, 0.717) is 17.5 Å². The highest BCUT2D eigenvalue weighted by Gasteiger charge is 2.51. The Kier molecular flexibility index (Phi) is 6.07. The number of furan rings is 1. The summed E-state index contributed by atoms with van der Waals surface area (Å²) in [4.78, 5) is 17.8. The predicted molar refractivity (Wildman–Crippen MR) is 205 cm³/mol. The van der Waals surface area contributed by atoms with Crippen molar-refractivity contribution in [2.45, 2.75) is 15.2 Å². The van der Waals surface area contributed by atoms with Gasteiger partial charge in [0, 0.05) is 37.3 Å². The van der Waals surface area contributed by atoms with Crippen LogP contribution in [0.3, 0.4) is 0 Å². The molecule has 0 radical (unpaired) electrons. The maximum Gasteiger partial charge on any atom is 0.164 e. The summed E-state index contributed by atoms with van der Waals surface area (Å²) >= 11 is 1.85. The summed E-state index contributed by atoms with van der Waals surface area (Å²) in [6.07, 6.45) is 0. The smallest absolute Gasteiger partial charge is 0.164 e. The summed E-state index contributed by atoms with van der Waals surface area (Å²) < 4.78 is 6.48. The normalized spacial score (nSPS) is 13.6. The first-order valence-electron chi connectivity index (χ1n) is 17.1. The maximum atomic E-state index is 6.48. The van der Waals surface area contributed by atoms with E-state index in [1.807, 2.05) is 54.2 Å². The van der Waals surface area contributed by atoms with Gasteiger partial charge < -0.3 is 4.42 Å². The SMILES string of the molecule is c1ccc(-c2nc(-c3ccccc3)nc(-c3ccc4c(c3)C3(c5ccccc5Sc5ccccc53)c3ccc5oc6ccccc6c5c3-4)n2)cc1. The number of fused-ring (bicyclic) bond motifs is 13. The zero-order chi connectivity index (χ0) is 33.5. The molecule has 0 bridgehead atoms. The number of nitrogens with zero attached hydrogens (tertiary/aromatic N) is 3. The molecule has 3 heterocycles. The molecular weight excluding hydrogens is 643 g/mol. The van der Waals surface area contributed by atoms with Gasteiger partial charge in [-0.1, -0.05) is 145 Å². The molecule has 9 aromatic rings. The van der Waals surface area contributed by atoms with Crippen molar-refractivity contribution < 1.29 is 4.42 Å². The second-order valence-corrected chi connectivity index (χ2v) is 14.2. The van der Waals surface area contributed by atoms with Gasteiger partial charge in [-0.05, 0) is 63.7 Å². The number of rotatable bonds is 3. The van der Waals surface area contributed by atoms with Gasteiger partial charge in [-0.3, -0.25) is 0 Å². The van der Waals surface area contributed by atoms with Crippen molar-refractivity contribution in [3.05, 3.63) is 186 Å². The summed E-state index contributed by atoms with van der Waals surface area (Å²) in [5, 5.41) is 2.28. The molecule has 238 valence electrons. The Hall–Kier alpha value is -6.30. The second-order valence-electron chi connectivity index (χ2n) is 13.1. The highest BCUT2D eigenvalue weighted by atomic mass is 32.2. The Morgan fingerprint density at radius 2 is 1.00 bits per heavy atom. The lowest BCUT2D eigenvalue weighted by Crippen LogP contribution is -2.32. The molecule has 1 aliphatic carbocycles. The Bertz CT molecular complexity index is 2740. The Balaban J connectivity index is 1.25. The Morgan fingerprint density at radius 3 is 1.67 bits per heavy atom. The Labute approximate surface area is 298 Å². The molecule has 1 spiro atoms. The third kappa shape index (κ3) is 4.07. The largest absolute Gasteiger partial charge is 0.456 e. The van der Waals surface area contributed by atoms with Crippen molar-refractivity contribution in [1.29, 1.82) is 0 Å². The minimum Gasteiger partial charge on any atom is -0.456 e. The molecule has 7 aromatic carbocycles. The van der Waals surface area contributed by atoms with E-state index in [0.717, 1.165) is 38.6 Å². The van der Waals surface area contributed by atoms with Crippen LogP contribution in [-0.4, -0.2) is 15.0 Å². The van der Waals surface area contributed by atoms with E-state index in [-0.39, 0.29) is 0 Å². The molecule has 0 N–H and O–H groups in total. The minimum absolute atomic E-state index is 0.566. The third-order valence-corrected chi connectivity index (χ3v) is 11.6. The number of aromatic nitrogens is 3. The van der Waals surface area contributed by atoms with Gasteiger partial charge in [-0.15, -0.1) is 0 Å². The molecule has 51 heavy (non-hydrogen) atoms. The summed E-state index contributed by atoms with van der Waals surface area (Å²) in [6, 6.07) is 57.7.